The highest BCUT2D eigenvalue weighted by Gasteiger charge is 2.18. The van der Waals surface area contributed by atoms with Gasteiger partial charge in [-0.15, -0.1) is 5.10 Å². The standard InChI is InChI=1S/C11H10Cl3N5OS/c1-4(21-11-17-10(15)18-19-11)9(20)16-8-3-6(13)5(12)2-7(8)14/h2-4H,1H3,(H,16,20)(H3,15,17,18,19)/t4-/m1/s1. The number of amides is 1. The summed E-state index contributed by atoms with van der Waals surface area (Å²) in [6.07, 6.45) is 0. The van der Waals surface area contributed by atoms with Crippen molar-refractivity contribution in [3.8, 4) is 0 Å². The minimum Gasteiger partial charge on any atom is -0.368 e. The molecular formula is C11H10Cl3N5OS. The second-order valence-corrected chi connectivity index (χ2v) is 6.53. The van der Waals surface area contributed by atoms with Crippen LogP contribution in [0.4, 0.5) is 11.6 Å². The number of halogens is 3. The average Bonchev–Trinajstić information content (AvgIpc) is 2.81. The Morgan fingerprint density at radius 2 is 2.00 bits per heavy atom. The SMILES string of the molecule is C[C@@H](Sc1n[nH]c(N)n1)C(=O)Nc1cc(Cl)c(Cl)cc1Cl. The zero-order valence-corrected chi connectivity index (χ0v) is 13.7. The van der Waals surface area contributed by atoms with E-state index in [0.29, 0.717) is 25.9 Å². The number of aromatic amines is 1. The topological polar surface area (TPSA) is 96.7 Å². The molecule has 0 unspecified atom stereocenters. The van der Waals surface area contributed by atoms with Crippen molar-refractivity contribution in [2.24, 2.45) is 0 Å². The molecule has 21 heavy (non-hydrogen) atoms. The first-order valence-corrected chi connectivity index (χ1v) is 7.68. The number of nitrogens with two attached hydrogens (primary N) is 1. The van der Waals surface area contributed by atoms with Crippen LogP contribution in [-0.4, -0.2) is 26.3 Å². The molecule has 4 N–H and O–H groups in total. The van der Waals surface area contributed by atoms with E-state index in [-0.39, 0.29) is 11.9 Å². The molecule has 6 nitrogen and oxygen atoms in total. The Morgan fingerprint density at radius 3 is 2.62 bits per heavy atom. The fourth-order valence-corrected chi connectivity index (χ4v) is 2.70. The molecule has 0 fully saturated rings. The summed E-state index contributed by atoms with van der Waals surface area (Å²) >= 11 is 18.9. The van der Waals surface area contributed by atoms with Gasteiger partial charge in [0.25, 0.3) is 0 Å². The van der Waals surface area contributed by atoms with Gasteiger partial charge in [-0.05, 0) is 19.1 Å². The molecule has 1 heterocycles. The van der Waals surface area contributed by atoms with E-state index in [1.165, 1.54) is 12.1 Å². The summed E-state index contributed by atoms with van der Waals surface area (Å²) in [7, 11) is 0. The van der Waals surface area contributed by atoms with Crippen molar-refractivity contribution in [2.75, 3.05) is 11.1 Å². The zero-order chi connectivity index (χ0) is 15.6. The van der Waals surface area contributed by atoms with E-state index in [9.17, 15) is 4.79 Å². The molecule has 0 radical (unpaired) electrons. The van der Waals surface area contributed by atoms with Crippen LogP contribution in [0.25, 0.3) is 0 Å². The van der Waals surface area contributed by atoms with Crippen LogP contribution >= 0.6 is 46.6 Å². The number of hydrogen-bond acceptors (Lipinski definition) is 5. The number of H-pyrrole nitrogens is 1. The van der Waals surface area contributed by atoms with E-state index >= 15 is 0 Å². The van der Waals surface area contributed by atoms with Crippen molar-refractivity contribution in [2.45, 2.75) is 17.3 Å². The maximum absolute atomic E-state index is 12.1. The van der Waals surface area contributed by atoms with Crippen molar-refractivity contribution >= 4 is 64.1 Å². The average molecular weight is 367 g/mol. The van der Waals surface area contributed by atoms with Crippen LogP contribution < -0.4 is 11.1 Å². The molecule has 0 aliphatic rings. The summed E-state index contributed by atoms with van der Waals surface area (Å²) in [5.74, 6) is -0.0821. The molecule has 1 atom stereocenters. The number of carbonyl (C=O) groups excluding carboxylic acids is 1. The fourth-order valence-electron chi connectivity index (χ4n) is 1.38. The monoisotopic (exact) mass is 365 g/mol. The smallest absolute Gasteiger partial charge is 0.237 e. The first-order valence-electron chi connectivity index (χ1n) is 5.66. The van der Waals surface area contributed by atoms with E-state index in [4.69, 9.17) is 40.5 Å². The van der Waals surface area contributed by atoms with Crippen molar-refractivity contribution in [1.82, 2.24) is 15.2 Å². The lowest BCUT2D eigenvalue weighted by molar-refractivity contribution is -0.115. The van der Waals surface area contributed by atoms with Crippen molar-refractivity contribution < 1.29 is 4.79 Å². The number of thioether (sulfide) groups is 1. The molecular weight excluding hydrogens is 357 g/mol. The fraction of sp³-hybridized carbons (Fsp3) is 0.182. The first-order chi connectivity index (χ1) is 9.86. The van der Waals surface area contributed by atoms with Crippen LogP contribution in [-0.2, 0) is 4.79 Å². The van der Waals surface area contributed by atoms with E-state index in [2.05, 4.69) is 20.5 Å². The lowest BCUT2D eigenvalue weighted by Crippen LogP contribution is -2.22. The number of rotatable bonds is 4. The van der Waals surface area contributed by atoms with Crippen LogP contribution in [0.5, 0.6) is 0 Å². The number of carbonyl (C=O) groups is 1. The highest BCUT2D eigenvalue weighted by molar-refractivity contribution is 8.00. The van der Waals surface area contributed by atoms with E-state index in [0.717, 1.165) is 11.8 Å². The molecule has 10 heteroatoms. The lowest BCUT2D eigenvalue weighted by Gasteiger charge is -2.12. The van der Waals surface area contributed by atoms with E-state index in [1.54, 1.807) is 6.92 Å². The van der Waals surface area contributed by atoms with Gasteiger partial charge in [-0.3, -0.25) is 4.79 Å². The molecule has 0 saturated carbocycles. The van der Waals surface area contributed by atoms with Gasteiger partial charge in [-0.25, -0.2) is 5.10 Å². The number of benzene rings is 1. The number of nitrogen functional groups attached to an aromatic ring is 1. The Hall–Kier alpha value is -1.15. The van der Waals surface area contributed by atoms with Crippen LogP contribution in [0.1, 0.15) is 6.92 Å². The maximum atomic E-state index is 12.1. The van der Waals surface area contributed by atoms with Gasteiger partial charge in [0, 0.05) is 0 Å². The number of nitrogens with one attached hydrogen (secondary N) is 2. The molecule has 0 aliphatic heterocycles. The Labute approximate surface area is 139 Å². The lowest BCUT2D eigenvalue weighted by atomic mass is 10.3. The van der Waals surface area contributed by atoms with Crippen molar-refractivity contribution in [1.29, 1.82) is 0 Å². The maximum Gasteiger partial charge on any atom is 0.237 e. The van der Waals surface area contributed by atoms with Crippen LogP contribution in [0, 0.1) is 0 Å². The van der Waals surface area contributed by atoms with Gasteiger partial charge in [-0.2, -0.15) is 4.98 Å². The summed E-state index contributed by atoms with van der Waals surface area (Å²) in [4.78, 5) is 16.0. The number of anilines is 2. The molecule has 1 aromatic carbocycles. The third-order valence-corrected chi connectivity index (χ3v) is 4.40. The molecule has 2 rings (SSSR count). The van der Waals surface area contributed by atoms with Crippen molar-refractivity contribution in [3.63, 3.8) is 0 Å². The number of aromatic nitrogens is 3. The van der Waals surface area contributed by atoms with Gasteiger partial charge in [-0.1, -0.05) is 46.6 Å². The van der Waals surface area contributed by atoms with Gasteiger partial charge >= 0.3 is 0 Å². The number of hydrogen-bond donors (Lipinski definition) is 3. The zero-order valence-electron chi connectivity index (χ0n) is 10.7. The quantitative estimate of drug-likeness (QED) is 0.568. The van der Waals surface area contributed by atoms with Crippen LogP contribution in [0.15, 0.2) is 17.3 Å². The third kappa shape index (κ3) is 4.16. The van der Waals surface area contributed by atoms with Gasteiger partial charge in [0.05, 0.1) is 26.0 Å². The Bertz CT molecular complexity index is 678. The summed E-state index contributed by atoms with van der Waals surface area (Å²) < 4.78 is 0. The number of nitrogens with zero attached hydrogens (tertiary/aromatic N) is 2. The van der Waals surface area contributed by atoms with Gasteiger partial charge in [0.15, 0.2) is 0 Å². The Kier molecular flexibility index (Phi) is 5.21. The highest BCUT2D eigenvalue weighted by atomic mass is 35.5. The highest BCUT2D eigenvalue weighted by Crippen LogP contribution is 2.32. The molecule has 0 aliphatic carbocycles. The van der Waals surface area contributed by atoms with Crippen LogP contribution in [0.3, 0.4) is 0 Å². The predicted octanol–water partition coefficient (Wildman–Crippen LogP) is 3.47. The second kappa shape index (κ2) is 6.74. The Morgan fingerprint density at radius 1 is 1.33 bits per heavy atom. The van der Waals surface area contributed by atoms with Gasteiger partial charge in [0.1, 0.15) is 0 Å². The molecule has 0 spiro atoms. The molecule has 1 amide bonds. The minimum atomic E-state index is -0.453. The van der Waals surface area contributed by atoms with E-state index < -0.39 is 5.25 Å². The van der Waals surface area contributed by atoms with Gasteiger partial charge < -0.3 is 11.1 Å². The predicted molar refractivity (Wildman–Crippen MR) is 86.2 cm³/mol. The molecule has 1 aromatic heterocycles. The molecule has 0 saturated heterocycles. The third-order valence-electron chi connectivity index (χ3n) is 2.40. The largest absolute Gasteiger partial charge is 0.368 e. The van der Waals surface area contributed by atoms with Gasteiger partial charge in [0.2, 0.25) is 17.0 Å². The summed E-state index contributed by atoms with van der Waals surface area (Å²) in [5.41, 5.74) is 5.80. The minimum absolute atomic E-state index is 0.192. The summed E-state index contributed by atoms with van der Waals surface area (Å²) in [6, 6.07) is 2.96. The normalized spacial score (nSPS) is 12.2. The Balaban J connectivity index is 2.05. The summed E-state index contributed by atoms with van der Waals surface area (Å²) in [5, 5.41) is 9.87. The molecule has 2 aromatic rings. The molecule has 112 valence electrons. The van der Waals surface area contributed by atoms with Crippen molar-refractivity contribution in [3.05, 3.63) is 27.2 Å². The summed E-state index contributed by atoms with van der Waals surface area (Å²) in [6.45, 7) is 1.71. The second-order valence-electron chi connectivity index (χ2n) is 4.00. The molecule has 0 bridgehead atoms. The first kappa shape index (κ1) is 16.2. The van der Waals surface area contributed by atoms with E-state index in [1.807, 2.05) is 0 Å². The van der Waals surface area contributed by atoms with Crippen LogP contribution in [0.2, 0.25) is 15.1 Å².